The monoisotopic (exact) mass is 422 g/mol. The van der Waals surface area contributed by atoms with Crippen LogP contribution in [0.1, 0.15) is 34.5 Å². The molecule has 0 radical (unpaired) electrons. The van der Waals surface area contributed by atoms with Crippen LogP contribution in [0.15, 0.2) is 46.9 Å². The largest absolute Gasteiger partial charge is 0.497 e. The predicted molar refractivity (Wildman–Crippen MR) is 117 cm³/mol. The Labute approximate surface area is 180 Å². The molecule has 0 bridgehead atoms. The van der Waals surface area contributed by atoms with Gasteiger partial charge in [-0.2, -0.15) is 0 Å². The van der Waals surface area contributed by atoms with Crippen LogP contribution >= 0.6 is 0 Å². The Balaban J connectivity index is 1.27. The lowest BCUT2D eigenvalue weighted by Gasteiger charge is -2.08. The van der Waals surface area contributed by atoms with E-state index in [4.69, 9.17) is 13.9 Å². The van der Waals surface area contributed by atoms with E-state index in [1.54, 1.807) is 19.2 Å². The second-order valence-electron chi connectivity index (χ2n) is 7.70. The van der Waals surface area contributed by atoms with Crippen molar-refractivity contribution >= 4 is 22.8 Å². The van der Waals surface area contributed by atoms with Crippen molar-refractivity contribution < 1.29 is 23.5 Å². The first-order valence-electron chi connectivity index (χ1n) is 10.4. The van der Waals surface area contributed by atoms with Gasteiger partial charge in [-0.05, 0) is 62.1 Å². The Bertz CT molecular complexity index is 1080. The predicted octanol–water partition coefficient (Wildman–Crippen LogP) is 3.38. The summed E-state index contributed by atoms with van der Waals surface area (Å²) in [5.74, 6) is 1.35. The van der Waals surface area contributed by atoms with E-state index in [0.717, 1.165) is 35.1 Å². The summed E-state index contributed by atoms with van der Waals surface area (Å²) in [5.41, 5.74) is 2.50. The molecule has 7 nitrogen and oxygen atoms in total. The number of rotatable bonds is 9. The van der Waals surface area contributed by atoms with E-state index in [1.807, 2.05) is 37.3 Å². The molecule has 162 valence electrons. The van der Waals surface area contributed by atoms with Crippen LogP contribution in [0.25, 0.3) is 11.0 Å². The zero-order valence-corrected chi connectivity index (χ0v) is 17.7. The third-order valence-corrected chi connectivity index (χ3v) is 5.28. The molecule has 3 aromatic rings. The maximum atomic E-state index is 12.6. The molecule has 1 heterocycles. The lowest BCUT2D eigenvalue weighted by molar-refractivity contribution is -0.123. The average molecular weight is 422 g/mol. The van der Waals surface area contributed by atoms with Crippen LogP contribution in [0.3, 0.4) is 0 Å². The molecule has 0 aliphatic heterocycles. The molecular weight excluding hydrogens is 396 g/mol. The lowest BCUT2D eigenvalue weighted by atomic mass is 10.1. The van der Waals surface area contributed by atoms with Gasteiger partial charge in [-0.1, -0.05) is 12.1 Å². The molecule has 2 amide bonds. The number of nitrogens with one attached hydrogen (secondary N) is 2. The van der Waals surface area contributed by atoms with Crippen LogP contribution in [0, 0.1) is 6.92 Å². The van der Waals surface area contributed by atoms with Crippen molar-refractivity contribution in [2.75, 3.05) is 20.3 Å². The van der Waals surface area contributed by atoms with Gasteiger partial charge in [0.1, 0.15) is 17.1 Å². The number of hydrogen-bond acceptors (Lipinski definition) is 5. The molecule has 0 atom stereocenters. The van der Waals surface area contributed by atoms with Gasteiger partial charge in [0.15, 0.2) is 12.4 Å². The number of carbonyl (C=O) groups is 2. The maximum Gasteiger partial charge on any atom is 0.287 e. The van der Waals surface area contributed by atoms with Crippen molar-refractivity contribution in [3.05, 3.63) is 59.4 Å². The van der Waals surface area contributed by atoms with Gasteiger partial charge in [-0.3, -0.25) is 9.59 Å². The van der Waals surface area contributed by atoms with Gasteiger partial charge in [0.25, 0.3) is 11.8 Å². The van der Waals surface area contributed by atoms with Crippen LogP contribution in [-0.4, -0.2) is 38.1 Å². The minimum absolute atomic E-state index is 0.0225. The summed E-state index contributed by atoms with van der Waals surface area (Å²) in [5, 5.41) is 6.66. The Morgan fingerprint density at radius 3 is 2.55 bits per heavy atom. The number of furan rings is 1. The number of benzene rings is 2. The summed E-state index contributed by atoms with van der Waals surface area (Å²) in [6.45, 7) is 2.36. The first kappa shape index (κ1) is 20.8. The van der Waals surface area contributed by atoms with Gasteiger partial charge in [-0.25, -0.2) is 0 Å². The zero-order valence-electron chi connectivity index (χ0n) is 17.7. The molecule has 2 aromatic carbocycles. The van der Waals surface area contributed by atoms with Crippen molar-refractivity contribution in [3.63, 3.8) is 0 Å². The van der Waals surface area contributed by atoms with Crippen molar-refractivity contribution in [1.82, 2.24) is 10.6 Å². The molecule has 7 heteroatoms. The van der Waals surface area contributed by atoms with E-state index in [-0.39, 0.29) is 18.4 Å². The zero-order chi connectivity index (χ0) is 21.8. The number of methoxy groups -OCH3 is 1. The lowest BCUT2D eigenvalue weighted by Crippen LogP contribution is -2.30. The highest BCUT2D eigenvalue weighted by Gasteiger charge is 2.23. The quantitative estimate of drug-likeness (QED) is 0.552. The van der Waals surface area contributed by atoms with E-state index < -0.39 is 0 Å². The first-order chi connectivity index (χ1) is 15.0. The smallest absolute Gasteiger partial charge is 0.287 e. The topological polar surface area (TPSA) is 89.8 Å². The number of ether oxygens (including phenoxy) is 2. The molecule has 1 aromatic heterocycles. The Hall–Kier alpha value is -3.48. The third kappa shape index (κ3) is 5.17. The highest BCUT2D eigenvalue weighted by Crippen LogP contribution is 2.28. The molecule has 31 heavy (non-hydrogen) atoms. The maximum absolute atomic E-state index is 12.6. The van der Waals surface area contributed by atoms with E-state index in [0.29, 0.717) is 36.1 Å². The Morgan fingerprint density at radius 1 is 1.10 bits per heavy atom. The summed E-state index contributed by atoms with van der Waals surface area (Å²) in [6, 6.07) is 13.3. The molecule has 1 aliphatic rings. The fourth-order valence-corrected chi connectivity index (χ4v) is 3.34. The van der Waals surface area contributed by atoms with Crippen LogP contribution in [0.5, 0.6) is 11.5 Å². The molecule has 0 unspecified atom stereocenters. The third-order valence-electron chi connectivity index (χ3n) is 5.28. The summed E-state index contributed by atoms with van der Waals surface area (Å²) in [6.07, 6.45) is 2.78. The van der Waals surface area contributed by atoms with Crippen LogP contribution in [0.4, 0.5) is 0 Å². The van der Waals surface area contributed by atoms with Gasteiger partial charge in [0.2, 0.25) is 0 Å². The molecule has 0 saturated heterocycles. The number of fused-ring (bicyclic) bond motifs is 1. The van der Waals surface area contributed by atoms with Crippen molar-refractivity contribution in [3.8, 4) is 11.5 Å². The summed E-state index contributed by atoms with van der Waals surface area (Å²) < 4.78 is 16.5. The Morgan fingerprint density at radius 2 is 1.84 bits per heavy atom. The SMILES string of the molecule is COc1ccc2oc(C(=O)NCCc3ccc(OCC(=O)NC4CC4)cc3)c(C)c2c1. The minimum Gasteiger partial charge on any atom is -0.497 e. The second-order valence-corrected chi connectivity index (χ2v) is 7.70. The summed E-state index contributed by atoms with van der Waals surface area (Å²) in [7, 11) is 1.61. The van der Waals surface area contributed by atoms with Gasteiger partial charge in [0, 0.05) is 23.5 Å². The fourth-order valence-electron chi connectivity index (χ4n) is 3.34. The van der Waals surface area contributed by atoms with Crippen molar-refractivity contribution in [2.45, 2.75) is 32.2 Å². The fraction of sp³-hybridized carbons (Fsp3) is 0.333. The summed E-state index contributed by atoms with van der Waals surface area (Å²) in [4.78, 5) is 24.2. The molecule has 1 aliphatic carbocycles. The van der Waals surface area contributed by atoms with E-state index in [2.05, 4.69) is 10.6 Å². The van der Waals surface area contributed by atoms with Gasteiger partial charge >= 0.3 is 0 Å². The second kappa shape index (κ2) is 9.12. The summed E-state index contributed by atoms with van der Waals surface area (Å²) >= 11 is 0. The molecular formula is C24H26N2O5. The number of hydrogen-bond donors (Lipinski definition) is 2. The molecule has 1 saturated carbocycles. The molecule has 0 spiro atoms. The molecule has 1 fully saturated rings. The normalized spacial score (nSPS) is 13.1. The van der Waals surface area contributed by atoms with Gasteiger partial charge in [0.05, 0.1) is 7.11 Å². The number of carbonyl (C=O) groups excluding carboxylic acids is 2. The van der Waals surface area contributed by atoms with E-state index >= 15 is 0 Å². The van der Waals surface area contributed by atoms with Gasteiger partial charge in [-0.15, -0.1) is 0 Å². The first-order valence-corrected chi connectivity index (χ1v) is 10.4. The average Bonchev–Trinajstić information content (AvgIpc) is 3.54. The highest BCUT2D eigenvalue weighted by molar-refractivity contribution is 5.99. The Kier molecular flexibility index (Phi) is 6.11. The highest BCUT2D eigenvalue weighted by atomic mass is 16.5. The van der Waals surface area contributed by atoms with Crippen molar-refractivity contribution in [1.29, 1.82) is 0 Å². The standard InChI is InChI=1S/C24H26N2O5/c1-15-20-13-19(29-2)9-10-21(20)31-23(15)24(28)25-12-11-16-3-7-18(8-4-16)30-14-22(27)26-17-5-6-17/h3-4,7-10,13,17H,5-6,11-12,14H2,1-2H3,(H,25,28)(H,26,27). The van der Waals surface area contributed by atoms with Crippen LogP contribution in [0.2, 0.25) is 0 Å². The van der Waals surface area contributed by atoms with Crippen LogP contribution in [-0.2, 0) is 11.2 Å². The van der Waals surface area contributed by atoms with Crippen LogP contribution < -0.4 is 20.1 Å². The number of amides is 2. The van der Waals surface area contributed by atoms with E-state index in [1.165, 1.54) is 0 Å². The van der Waals surface area contributed by atoms with E-state index in [9.17, 15) is 9.59 Å². The van der Waals surface area contributed by atoms with Gasteiger partial charge < -0.3 is 24.5 Å². The van der Waals surface area contributed by atoms with Crippen molar-refractivity contribution in [2.24, 2.45) is 0 Å². The molecule has 4 rings (SSSR count). The minimum atomic E-state index is -0.241. The molecule has 2 N–H and O–H groups in total. The number of aryl methyl sites for hydroxylation is 1.